The van der Waals surface area contributed by atoms with E-state index in [1.807, 2.05) is 19.9 Å². The molecular weight excluding hydrogens is 426 g/mol. The van der Waals surface area contributed by atoms with Crippen molar-refractivity contribution in [1.29, 1.82) is 0 Å². The zero-order chi connectivity index (χ0) is 23.0. The summed E-state index contributed by atoms with van der Waals surface area (Å²) in [7, 11) is -3.20. The van der Waals surface area contributed by atoms with Gasteiger partial charge in [-0.05, 0) is 33.8 Å². The molecule has 5 rings (SSSR count). The van der Waals surface area contributed by atoms with E-state index >= 15 is 0 Å². The Kier molecular flexibility index (Phi) is 6.65. The highest BCUT2D eigenvalue weighted by Crippen LogP contribution is 2.63. The molecule has 0 fully saturated rings. The van der Waals surface area contributed by atoms with E-state index < -0.39 is 16.0 Å². The zero-order valence-electron chi connectivity index (χ0n) is 18.3. The lowest BCUT2D eigenvalue weighted by molar-refractivity contribution is -2.00. The number of pyridine rings is 1. The minimum absolute atomic E-state index is 0.0465. The molecular formula is C22H28ClNO7. The zero-order valence-corrected chi connectivity index (χ0v) is 19.0. The number of halogens is 1. The molecule has 3 heterocycles. The molecule has 2 atom stereocenters. The fraction of sp³-hybridized carbons (Fsp3) is 0.500. The highest BCUT2D eigenvalue weighted by Gasteiger charge is 2.71. The minimum atomic E-state index is -4.94. The number of ether oxygens (including phenoxy) is 3. The fourth-order valence-electron chi connectivity index (χ4n) is 5.23. The van der Waals surface area contributed by atoms with Gasteiger partial charge in [-0.3, -0.25) is 0 Å². The summed E-state index contributed by atoms with van der Waals surface area (Å²) < 4.78 is 55.1. The molecule has 0 spiro atoms. The molecule has 0 saturated heterocycles. The summed E-state index contributed by atoms with van der Waals surface area (Å²) in [5, 5.41) is 0. The van der Waals surface area contributed by atoms with Gasteiger partial charge < -0.3 is 14.2 Å². The van der Waals surface area contributed by atoms with Gasteiger partial charge in [0, 0.05) is 36.5 Å². The lowest BCUT2D eigenvalue weighted by Crippen LogP contribution is -2.71. The average molecular weight is 454 g/mol. The topological polar surface area (TPSA) is 124 Å². The van der Waals surface area contributed by atoms with E-state index in [4.69, 9.17) is 32.8 Å². The van der Waals surface area contributed by atoms with Gasteiger partial charge in [0.2, 0.25) is 0 Å². The highest BCUT2D eigenvalue weighted by molar-refractivity contribution is 5.53. The van der Waals surface area contributed by atoms with Crippen molar-refractivity contribution in [2.75, 3.05) is 20.3 Å². The Morgan fingerprint density at radius 1 is 0.968 bits per heavy atom. The Hall–Kier alpha value is -1.78. The van der Waals surface area contributed by atoms with Crippen LogP contribution in [0.25, 0.3) is 0 Å². The van der Waals surface area contributed by atoms with Gasteiger partial charge in [-0.25, -0.2) is 18.6 Å². The van der Waals surface area contributed by atoms with E-state index in [1.165, 1.54) is 16.8 Å². The van der Waals surface area contributed by atoms with Gasteiger partial charge in [-0.15, -0.1) is 10.2 Å². The second kappa shape index (κ2) is 8.63. The van der Waals surface area contributed by atoms with Crippen molar-refractivity contribution in [3.05, 3.63) is 59.4 Å². The molecule has 1 aliphatic carbocycles. The Labute approximate surface area is 184 Å². The van der Waals surface area contributed by atoms with Crippen LogP contribution < -0.4 is 27.9 Å². The largest absolute Gasteiger partial charge is 0.496 e. The number of nitrogens with zero attached hydrogens (tertiary/aromatic N) is 1. The number of benzene rings is 1. The van der Waals surface area contributed by atoms with Gasteiger partial charge in [-0.2, -0.15) is 4.57 Å². The first-order valence-corrected chi connectivity index (χ1v) is 11.3. The van der Waals surface area contributed by atoms with E-state index in [0.29, 0.717) is 13.2 Å². The number of methoxy groups -OCH3 is 1. The summed E-state index contributed by atoms with van der Waals surface area (Å²) in [6.07, 6.45) is 2.18. The van der Waals surface area contributed by atoms with Crippen LogP contribution in [0.5, 0.6) is 5.75 Å². The van der Waals surface area contributed by atoms with Crippen molar-refractivity contribution in [2.24, 2.45) is 5.41 Å². The minimum Gasteiger partial charge on any atom is -0.496 e. The maximum Gasteiger partial charge on any atom is 0.197 e. The summed E-state index contributed by atoms with van der Waals surface area (Å²) in [6.45, 7) is 9.82. The van der Waals surface area contributed by atoms with Crippen LogP contribution in [0.15, 0.2) is 42.6 Å². The summed E-state index contributed by atoms with van der Waals surface area (Å²) in [4.78, 5) is 0. The van der Waals surface area contributed by atoms with Crippen molar-refractivity contribution in [2.45, 2.75) is 45.4 Å². The van der Waals surface area contributed by atoms with Crippen molar-refractivity contribution in [3.8, 4) is 5.75 Å². The fourth-order valence-corrected chi connectivity index (χ4v) is 5.23. The summed E-state index contributed by atoms with van der Waals surface area (Å²) in [5.41, 5.74) is 3.48. The standard InChI is InChI=1S/C22H28NO3.ClHO4/c1-6-25-22(26-7-2)19-16-12-8-9-14-23(16)20(21(22,3)4)15-11-10-13-17(24-5)18(15)19;2-1(3,4)5/h8-14,19-20H,6-7H2,1-5H3;(H,2,3,4,5)/q+1;/p-1. The third kappa shape index (κ3) is 3.93. The Balaban J connectivity index is 0.000000491. The summed E-state index contributed by atoms with van der Waals surface area (Å²) in [5.74, 6) is 0.131. The van der Waals surface area contributed by atoms with Crippen molar-refractivity contribution >= 4 is 0 Å². The molecule has 1 aromatic heterocycles. The third-order valence-electron chi connectivity index (χ3n) is 6.08. The van der Waals surface area contributed by atoms with E-state index in [0.717, 1.165) is 5.75 Å². The molecule has 2 aromatic rings. The van der Waals surface area contributed by atoms with Crippen LogP contribution in [0.2, 0.25) is 0 Å². The molecule has 0 N–H and O–H groups in total. The van der Waals surface area contributed by atoms with Crippen LogP contribution in [0.4, 0.5) is 0 Å². The molecule has 9 heteroatoms. The smallest absolute Gasteiger partial charge is 0.197 e. The van der Waals surface area contributed by atoms with Gasteiger partial charge >= 0.3 is 0 Å². The average Bonchev–Trinajstić information content (AvgIpc) is 2.69. The molecule has 31 heavy (non-hydrogen) atoms. The van der Waals surface area contributed by atoms with Crippen molar-refractivity contribution in [3.63, 3.8) is 0 Å². The van der Waals surface area contributed by atoms with E-state index in [2.05, 4.69) is 54.9 Å². The van der Waals surface area contributed by atoms with E-state index in [1.54, 1.807) is 7.11 Å². The Morgan fingerprint density at radius 2 is 1.58 bits per heavy atom. The number of rotatable bonds is 5. The van der Waals surface area contributed by atoms with Gasteiger partial charge in [0.1, 0.15) is 11.7 Å². The van der Waals surface area contributed by atoms with Gasteiger partial charge in [0.05, 0.1) is 12.5 Å². The van der Waals surface area contributed by atoms with Gasteiger partial charge in [0.15, 0.2) is 23.7 Å². The van der Waals surface area contributed by atoms with E-state index in [-0.39, 0.29) is 17.4 Å². The lowest BCUT2D eigenvalue weighted by atomic mass is 9.57. The number of aromatic nitrogens is 1. The number of fused-ring (bicyclic) bond motifs is 1. The maximum absolute atomic E-state index is 8.49. The molecule has 0 saturated carbocycles. The summed E-state index contributed by atoms with van der Waals surface area (Å²) >= 11 is 0. The van der Waals surface area contributed by atoms with Crippen molar-refractivity contribution in [1.82, 2.24) is 0 Å². The Bertz CT molecular complexity index is 916. The normalized spacial score (nSPS) is 22.1. The number of hydrogen-bond acceptors (Lipinski definition) is 7. The molecule has 0 amide bonds. The van der Waals surface area contributed by atoms with Crippen LogP contribution in [-0.2, 0) is 9.47 Å². The van der Waals surface area contributed by atoms with Crippen molar-refractivity contribution < 1.29 is 47.7 Å². The van der Waals surface area contributed by atoms with Crippen LogP contribution in [-0.4, -0.2) is 26.1 Å². The lowest BCUT2D eigenvalue weighted by Gasteiger charge is -2.57. The van der Waals surface area contributed by atoms with Gasteiger partial charge in [-0.1, -0.05) is 18.2 Å². The van der Waals surface area contributed by atoms with Crippen LogP contribution in [0.3, 0.4) is 0 Å². The highest BCUT2D eigenvalue weighted by atomic mass is 35.7. The predicted molar refractivity (Wildman–Crippen MR) is 99.4 cm³/mol. The molecule has 2 unspecified atom stereocenters. The van der Waals surface area contributed by atoms with Crippen LogP contribution >= 0.6 is 0 Å². The quantitative estimate of drug-likeness (QED) is 0.423. The first-order chi connectivity index (χ1) is 14.5. The number of hydrogen-bond donors (Lipinski definition) is 0. The molecule has 0 radical (unpaired) electrons. The molecule has 170 valence electrons. The predicted octanol–water partition coefficient (Wildman–Crippen LogP) is -0.929. The van der Waals surface area contributed by atoms with E-state index in [9.17, 15) is 0 Å². The second-order valence-corrected chi connectivity index (χ2v) is 8.72. The second-order valence-electron chi connectivity index (χ2n) is 7.96. The summed E-state index contributed by atoms with van der Waals surface area (Å²) in [6, 6.07) is 12.9. The van der Waals surface area contributed by atoms with Gasteiger partial charge in [0.25, 0.3) is 0 Å². The first kappa shape index (κ1) is 23.9. The molecule has 1 aromatic carbocycles. The molecule has 3 aliphatic rings. The Morgan fingerprint density at radius 3 is 2.13 bits per heavy atom. The van der Waals surface area contributed by atoms with Crippen LogP contribution in [0.1, 0.15) is 56.5 Å². The monoisotopic (exact) mass is 453 g/mol. The van der Waals surface area contributed by atoms with Crippen LogP contribution in [0, 0.1) is 15.7 Å². The third-order valence-corrected chi connectivity index (χ3v) is 6.08. The molecule has 8 nitrogen and oxygen atoms in total. The maximum atomic E-state index is 8.49. The molecule has 2 bridgehead atoms. The first-order valence-electron chi connectivity index (χ1n) is 10.1. The SMILES string of the molecule is CCOC1(OCC)C2c3c(OC)cccc3C([n+]3ccccc32)C1(C)C.[O-][Cl+3]([O-])([O-])[O-]. The molecule has 2 aliphatic heterocycles.